The van der Waals surface area contributed by atoms with Crippen molar-refractivity contribution in [1.29, 1.82) is 0 Å². The van der Waals surface area contributed by atoms with Crippen molar-refractivity contribution in [2.75, 3.05) is 16.8 Å². The predicted octanol–water partition coefficient (Wildman–Crippen LogP) is 3.67. The minimum absolute atomic E-state index is 0.0777. The Balaban J connectivity index is 2.04. The number of carbonyl (C=O) groups is 2. The van der Waals surface area contributed by atoms with Gasteiger partial charge in [-0.05, 0) is 19.1 Å². The molecule has 0 aliphatic heterocycles. The van der Waals surface area contributed by atoms with Crippen molar-refractivity contribution in [2.24, 2.45) is 0 Å². The molecule has 0 aliphatic carbocycles. The Bertz CT molecular complexity index is 731. The summed E-state index contributed by atoms with van der Waals surface area (Å²) in [6.45, 7) is 3.29. The van der Waals surface area contributed by atoms with E-state index >= 15 is 0 Å². The van der Waals surface area contributed by atoms with Gasteiger partial charge in [0.15, 0.2) is 5.82 Å². The molecule has 6 nitrogen and oxygen atoms in total. The molecule has 0 radical (unpaired) electrons. The number of carbonyl (C=O) groups excluding carboxylic acids is 2. The number of rotatable bonds is 5. The first-order chi connectivity index (χ1) is 10.9. The highest BCUT2D eigenvalue weighted by molar-refractivity contribution is 6.44. The molecule has 0 saturated heterocycles. The van der Waals surface area contributed by atoms with E-state index < -0.39 is 0 Å². The fourth-order valence-electron chi connectivity index (χ4n) is 1.99. The maximum Gasteiger partial charge on any atom is 0.227 e. The number of nitrogens with zero attached hydrogens (tertiary/aromatic N) is 2. The monoisotopic (exact) mass is 355 g/mol. The zero-order valence-electron chi connectivity index (χ0n) is 12.6. The van der Waals surface area contributed by atoms with Crippen molar-refractivity contribution in [2.45, 2.75) is 20.3 Å². The third kappa shape index (κ3) is 4.46. The number of aromatic nitrogens is 1. The highest BCUT2D eigenvalue weighted by atomic mass is 35.5. The lowest BCUT2D eigenvalue weighted by atomic mass is 10.2. The van der Waals surface area contributed by atoms with Crippen LogP contribution in [0, 0.1) is 6.92 Å². The standard InChI is InChI=1S/C15H15Cl2N3O3/c1-9-8-13(19-23-9)18-14(22)6-7-20(10(2)21)12-5-3-4-11(16)15(12)17/h3-5,8H,6-7H2,1-2H3,(H,18,19,22). The van der Waals surface area contributed by atoms with Crippen molar-refractivity contribution < 1.29 is 14.1 Å². The third-order valence-corrected chi connectivity index (χ3v) is 3.87. The second-order valence-electron chi connectivity index (χ2n) is 4.86. The van der Waals surface area contributed by atoms with Crippen LogP contribution in [-0.4, -0.2) is 23.5 Å². The molecule has 1 heterocycles. The molecule has 122 valence electrons. The number of amides is 2. The molecular formula is C15H15Cl2N3O3. The lowest BCUT2D eigenvalue weighted by Crippen LogP contribution is -2.32. The molecule has 2 rings (SSSR count). The minimum Gasteiger partial charge on any atom is -0.360 e. The SMILES string of the molecule is CC(=O)N(CCC(=O)Nc1cc(C)on1)c1cccc(Cl)c1Cl. The average Bonchev–Trinajstić information content (AvgIpc) is 2.88. The fraction of sp³-hybridized carbons (Fsp3) is 0.267. The fourth-order valence-corrected chi connectivity index (χ4v) is 2.39. The lowest BCUT2D eigenvalue weighted by Gasteiger charge is -2.22. The number of anilines is 2. The Morgan fingerprint density at radius 3 is 2.70 bits per heavy atom. The number of hydrogen-bond donors (Lipinski definition) is 1. The second-order valence-corrected chi connectivity index (χ2v) is 5.65. The van der Waals surface area contributed by atoms with Gasteiger partial charge in [-0.25, -0.2) is 0 Å². The van der Waals surface area contributed by atoms with Gasteiger partial charge in [-0.2, -0.15) is 0 Å². The summed E-state index contributed by atoms with van der Waals surface area (Å²) >= 11 is 12.1. The summed E-state index contributed by atoms with van der Waals surface area (Å²) < 4.78 is 4.87. The van der Waals surface area contributed by atoms with Gasteiger partial charge in [0, 0.05) is 26.0 Å². The van der Waals surface area contributed by atoms with Crippen LogP contribution in [0.1, 0.15) is 19.1 Å². The van der Waals surface area contributed by atoms with E-state index in [0.717, 1.165) is 0 Å². The van der Waals surface area contributed by atoms with E-state index in [9.17, 15) is 9.59 Å². The molecule has 0 atom stereocenters. The Morgan fingerprint density at radius 1 is 1.35 bits per heavy atom. The van der Waals surface area contributed by atoms with Crippen LogP contribution in [0.25, 0.3) is 0 Å². The van der Waals surface area contributed by atoms with Gasteiger partial charge in [-0.3, -0.25) is 9.59 Å². The Labute approximate surface area is 143 Å². The van der Waals surface area contributed by atoms with E-state index in [-0.39, 0.29) is 29.8 Å². The first kappa shape index (κ1) is 17.3. The van der Waals surface area contributed by atoms with Gasteiger partial charge in [0.2, 0.25) is 11.8 Å². The molecule has 0 fully saturated rings. The molecule has 0 spiro atoms. The van der Waals surface area contributed by atoms with Gasteiger partial charge < -0.3 is 14.7 Å². The van der Waals surface area contributed by atoms with E-state index in [4.69, 9.17) is 27.7 Å². The molecule has 0 aliphatic rings. The summed E-state index contributed by atoms with van der Waals surface area (Å²) in [5.41, 5.74) is 0.469. The summed E-state index contributed by atoms with van der Waals surface area (Å²) in [7, 11) is 0. The van der Waals surface area contributed by atoms with Crippen LogP contribution in [0.4, 0.5) is 11.5 Å². The zero-order chi connectivity index (χ0) is 17.0. The number of aryl methyl sites for hydroxylation is 1. The maximum absolute atomic E-state index is 11.9. The van der Waals surface area contributed by atoms with Crippen molar-refractivity contribution in [3.8, 4) is 0 Å². The van der Waals surface area contributed by atoms with Gasteiger partial charge in [0.05, 0.1) is 15.7 Å². The van der Waals surface area contributed by atoms with Crippen molar-refractivity contribution in [3.05, 3.63) is 40.1 Å². The van der Waals surface area contributed by atoms with Crippen LogP contribution in [0.2, 0.25) is 10.0 Å². The van der Waals surface area contributed by atoms with Crippen molar-refractivity contribution in [1.82, 2.24) is 5.16 Å². The van der Waals surface area contributed by atoms with Crippen LogP contribution < -0.4 is 10.2 Å². The van der Waals surface area contributed by atoms with Gasteiger partial charge in [-0.1, -0.05) is 34.4 Å². The van der Waals surface area contributed by atoms with Gasteiger partial charge in [0.25, 0.3) is 0 Å². The smallest absolute Gasteiger partial charge is 0.227 e. The predicted molar refractivity (Wildman–Crippen MR) is 89.0 cm³/mol. The van der Waals surface area contributed by atoms with Crippen LogP contribution in [-0.2, 0) is 9.59 Å². The highest BCUT2D eigenvalue weighted by Crippen LogP contribution is 2.32. The van der Waals surface area contributed by atoms with Crippen LogP contribution in [0.15, 0.2) is 28.8 Å². The Kier molecular flexibility index (Phi) is 5.63. The number of halogens is 2. The molecule has 23 heavy (non-hydrogen) atoms. The summed E-state index contributed by atoms with van der Waals surface area (Å²) in [4.78, 5) is 25.2. The molecule has 0 unspecified atom stereocenters. The van der Waals surface area contributed by atoms with E-state index in [2.05, 4.69) is 10.5 Å². The Morgan fingerprint density at radius 2 is 2.09 bits per heavy atom. The number of nitrogens with one attached hydrogen (secondary N) is 1. The number of benzene rings is 1. The van der Waals surface area contributed by atoms with Crippen molar-refractivity contribution in [3.63, 3.8) is 0 Å². The summed E-state index contributed by atoms with van der Waals surface area (Å²) in [5, 5.41) is 6.89. The summed E-state index contributed by atoms with van der Waals surface area (Å²) in [5.74, 6) is 0.404. The largest absolute Gasteiger partial charge is 0.360 e. The van der Waals surface area contributed by atoms with Crippen molar-refractivity contribution >= 4 is 46.5 Å². The van der Waals surface area contributed by atoms with E-state index in [1.165, 1.54) is 11.8 Å². The number of hydrogen-bond acceptors (Lipinski definition) is 4. The van der Waals surface area contributed by atoms with Crippen LogP contribution in [0.3, 0.4) is 0 Å². The maximum atomic E-state index is 11.9. The molecule has 2 aromatic rings. The van der Waals surface area contributed by atoms with Crippen LogP contribution >= 0.6 is 23.2 Å². The van der Waals surface area contributed by atoms with Gasteiger partial charge >= 0.3 is 0 Å². The Hall–Kier alpha value is -2.05. The van der Waals surface area contributed by atoms with Gasteiger partial charge in [0.1, 0.15) is 5.76 Å². The molecule has 2 amide bonds. The molecule has 1 N–H and O–H groups in total. The van der Waals surface area contributed by atoms with E-state index in [1.807, 2.05) is 0 Å². The van der Waals surface area contributed by atoms with E-state index in [1.54, 1.807) is 31.2 Å². The van der Waals surface area contributed by atoms with E-state index in [0.29, 0.717) is 22.3 Å². The molecule has 8 heteroatoms. The minimum atomic E-state index is -0.289. The quantitative estimate of drug-likeness (QED) is 0.887. The molecule has 0 saturated carbocycles. The van der Waals surface area contributed by atoms with Gasteiger partial charge in [-0.15, -0.1) is 0 Å². The van der Waals surface area contributed by atoms with Crippen LogP contribution in [0.5, 0.6) is 0 Å². The summed E-state index contributed by atoms with van der Waals surface area (Å²) in [6.07, 6.45) is 0.0777. The third-order valence-electron chi connectivity index (χ3n) is 3.06. The topological polar surface area (TPSA) is 75.4 Å². The normalized spacial score (nSPS) is 10.4. The highest BCUT2D eigenvalue weighted by Gasteiger charge is 2.18. The second kappa shape index (κ2) is 7.48. The average molecular weight is 356 g/mol. The summed E-state index contributed by atoms with van der Waals surface area (Å²) in [6, 6.07) is 6.60. The molecule has 0 bridgehead atoms. The molecular weight excluding hydrogens is 341 g/mol. The lowest BCUT2D eigenvalue weighted by molar-refractivity contribution is -0.117. The molecule has 1 aromatic carbocycles. The first-order valence-corrected chi connectivity index (χ1v) is 7.59. The molecule has 1 aromatic heterocycles. The zero-order valence-corrected chi connectivity index (χ0v) is 14.1. The first-order valence-electron chi connectivity index (χ1n) is 6.83.